The molecule has 0 spiro atoms. The van der Waals surface area contributed by atoms with E-state index in [4.69, 9.17) is 0 Å². The Morgan fingerprint density at radius 3 is 2.86 bits per heavy atom. The summed E-state index contributed by atoms with van der Waals surface area (Å²) in [5.41, 5.74) is 2.56. The van der Waals surface area contributed by atoms with E-state index in [0.717, 1.165) is 17.5 Å². The first kappa shape index (κ1) is 8.69. The van der Waals surface area contributed by atoms with E-state index in [2.05, 4.69) is 5.10 Å². The van der Waals surface area contributed by atoms with Gasteiger partial charge >= 0.3 is 0 Å². The van der Waals surface area contributed by atoms with Crippen LogP contribution in [-0.2, 0) is 0 Å². The summed E-state index contributed by atoms with van der Waals surface area (Å²) >= 11 is 0. The van der Waals surface area contributed by atoms with E-state index in [-0.39, 0.29) is 0 Å². The largest absolute Gasteiger partial charge is 0.298 e. The molecule has 1 aromatic heterocycles. The van der Waals surface area contributed by atoms with E-state index in [1.165, 1.54) is 0 Å². The third kappa shape index (κ3) is 1.33. The second kappa shape index (κ2) is 3.46. The maximum Gasteiger partial charge on any atom is 0.152 e. The summed E-state index contributed by atoms with van der Waals surface area (Å²) in [6.45, 7) is 1.96. The molecule has 0 atom stereocenters. The highest BCUT2D eigenvalue weighted by atomic mass is 16.1. The van der Waals surface area contributed by atoms with Gasteiger partial charge in [-0.05, 0) is 24.6 Å². The zero-order valence-electron chi connectivity index (χ0n) is 7.84. The van der Waals surface area contributed by atoms with Gasteiger partial charge in [0.15, 0.2) is 6.29 Å². The molecule has 0 unspecified atom stereocenters. The summed E-state index contributed by atoms with van der Waals surface area (Å²) in [6, 6.07) is 7.45. The van der Waals surface area contributed by atoms with Crippen LogP contribution in [0, 0.1) is 6.92 Å². The average molecular weight is 186 g/mol. The summed E-state index contributed by atoms with van der Waals surface area (Å²) in [5, 5.41) is 4.11. The van der Waals surface area contributed by atoms with Crippen LogP contribution in [0.2, 0.25) is 0 Å². The summed E-state index contributed by atoms with van der Waals surface area (Å²) in [7, 11) is 0. The Labute approximate surface area is 82.0 Å². The van der Waals surface area contributed by atoms with Gasteiger partial charge in [-0.2, -0.15) is 5.10 Å². The lowest BCUT2D eigenvalue weighted by molar-refractivity contribution is 0.112. The van der Waals surface area contributed by atoms with Crippen molar-refractivity contribution in [3.05, 3.63) is 47.8 Å². The van der Waals surface area contributed by atoms with Gasteiger partial charge in [0.1, 0.15) is 0 Å². The van der Waals surface area contributed by atoms with Crippen LogP contribution in [0.5, 0.6) is 0 Å². The van der Waals surface area contributed by atoms with Crippen molar-refractivity contribution in [3.8, 4) is 5.69 Å². The summed E-state index contributed by atoms with van der Waals surface area (Å²) in [5.74, 6) is 0. The minimum atomic E-state index is 0.661. The molecule has 1 heterocycles. The van der Waals surface area contributed by atoms with Gasteiger partial charge in [0.2, 0.25) is 0 Å². The molecular formula is C11H10N2O. The second-order valence-electron chi connectivity index (χ2n) is 3.08. The van der Waals surface area contributed by atoms with Gasteiger partial charge in [0.25, 0.3) is 0 Å². The van der Waals surface area contributed by atoms with Gasteiger partial charge in [0.05, 0.1) is 5.69 Å². The molecule has 0 aliphatic heterocycles. The number of carbonyl (C=O) groups is 1. The van der Waals surface area contributed by atoms with Gasteiger partial charge in [0, 0.05) is 18.0 Å². The molecule has 0 fully saturated rings. The molecule has 0 N–H and O–H groups in total. The number of hydrogen-bond acceptors (Lipinski definition) is 2. The first-order chi connectivity index (χ1) is 6.83. The molecule has 70 valence electrons. The minimum Gasteiger partial charge on any atom is -0.298 e. The van der Waals surface area contributed by atoms with Crippen molar-refractivity contribution >= 4 is 6.29 Å². The van der Waals surface area contributed by atoms with Gasteiger partial charge in [-0.3, -0.25) is 4.79 Å². The highest BCUT2D eigenvalue weighted by Gasteiger charge is 2.06. The van der Waals surface area contributed by atoms with Crippen LogP contribution in [0.4, 0.5) is 0 Å². The van der Waals surface area contributed by atoms with E-state index in [1.54, 1.807) is 16.9 Å². The second-order valence-corrected chi connectivity index (χ2v) is 3.08. The van der Waals surface area contributed by atoms with Gasteiger partial charge in [-0.1, -0.05) is 12.1 Å². The molecule has 3 heteroatoms. The molecule has 0 radical (unpaired) electrons. The van der Waals surface area contributed by atoms with Gasteiger partial charge in [-0.25, -0.2) is 4.68 Å². The minimum absolute atomic E-state index is 0.661. The van der Waals surface area contributed by atoms with Gasteiger partial charge < -0.3 is 0 Å². The Morgan fingerprint density at radius 2 is 2.21 bits per heavy atom. The molecule has 2 rings (SSSR count). The maximum atomic E-state index is 10.8. The molecule has 0 aliphatic rings. The Morgan fingerprint density at radius 1 is 1.36 bits per heavy atom. The van der Waals surface area contributed by atoms with E-state index < -0.39 is 0 Å². The third-order valence-electron chi connectivity index (χ3n) is 2.13. The maximum absolute atomic E-state index is 10.8. The Kier molecular flexibility index (Phi) is 2.14. The van der Waals surface area contributed by atoms with Crippen molar-refractivity contribution in [1.29, 1.82) is 0 Å². The molecule has 0 saturated carbocycles. The fraction of sp³-hybridized carbons (Fsp3) is 0.0909. The van der Waals surface area contributed by atoms with Crippen molar-refractivity contribution in [2.75, 3.05) is 0 Å². The Hall–Kier alpha value is -1.90. The van der Waals surface area contributed by atoms with Crippen molar-refractivity contribution in [2.45, 2.75) is 6.92 Å². The van der Waals surface area contributed by atoms with Crippen LogP contribution in [0.3, 0.4) is 0 Å². The van der Waals surface area contributed by atoms with Crippen LogP contribution in [0.1, 0.15) is 15.9 Å². The van der Waals surface area contributed by atoms with Crippen LogP contribution in [-0.4, -0.2) is 16.1 Å². The van der Waals surface area contributed by atoms with E-state index in [0.29, 0.717) is 5.56 Å². The number of aromatic nitrogens is 2. The summed E-state index contributed by atoms with van der Waals surface area (Å²) in [4.78, 5) is 10.8. The van der Waals surface area contributed by atoms with Crippen molar-refractivity contribution in [3.63, 3.8) is 0 Å². The molecule has 0 amide bonds. The van der Waals surface area contributed by atoms with Crippen molar-refractivity contribution in [2.24, 2.45) is 0 Å². The number of rotatable bonds is 2. The van der Waals surface area contributed by atoms with Crippen LogP contribution in [0.25, 0.3) is 5.69 Å². The average Bonchev–Trinajstić information content (AvgIpc) is 2.70. The fourth-order valence-corrected chi connectivity index (χ4v) is 1.49. The van der Waals surface area contributed by atoms with Crippen LogP contribution < -0.4 is 0 Å². The number of aldehydes is 1. The van der Waals surface area contributed by atoms with E-state index in [1.807, 2.05) is 31.3 Å². The molecule has 14 heavy (non-hydrogen) atoms. The van der Waals surface area contributed by atoms with Gasteiger partial charge in [-0.15, -0.1) is 0 Å². The molecule has 2 aromatic rings. The molecule has 0 aliphatic carbocycles. The standard InChI is InChI=1S/C11H10N2O/c1-9-4-2-5-10(8-14)11(9)13-7-3-6-12-13/h2-8H,1H3. The van der Waals surface area contributed by atoms with Crippen LogP contribution >= 0.6 is 0 Å². The predicted molar refractivity (Wildman–Crippen MR) is 53.7 cm³/mol. The molecule has 1 aromatic carbocycles. The zero-order valence-corrected chi connectivity index (χ0v) is 7.84. The number of carbonyl (C=O) groups excluding carboxylic acids is 1. The third-order valence-corrected chi connectivity index (χ3v) is 2.13. The SMILES string of the molecule is Cc1cccc(C=O)c1-n1cccn1. The summed E-state index contributed by atoms with van der Waals surface area (Å²) in [6.07, 6.45) is 4.38. The van der Waals surface area contributed by atoms with Crippen molar-refractivity contribution < 1.29 is 4.79 Å². The first-order valence-electron chi connectivity index (χ1n) is 4.38. The Bertz CT molecular complexity index is 446. The van der Waals surface area contributed by atoms with Crippen molar-refractivity contribution in [1.82, 2.24) is 9.78 Å². The normalized spacial score (nSPS) is 10.1. The molecular weight excluding hydrogens is 176 g/mol. The molecule has 3 nitrogen and oxygen atoms in total. The molecule has 0 bridgehead atoms. The first-order valence-corrected chi connectivity index (χ1v) is 4.38. The fourth-order valence-electron chi connectivity index (χ4n) is 1.49. The Balaban J connectivity index is 2.67. The summed E-state index contributed by atoms with van der Waals surface area (Å²) < 4.78 is 1.71. The van der Waals surface area contributed by atoms with E-state index >= 15 is 0 Å². The number of nitrogens with zero attached hydrogens (tertiary/aromatic N) is 2. The topological polar surface area (TPSA) is 34.9 Å². The highest BCUT2D eigenvalue weighted by molar-refractivity contribution is 5.81. The number of benzene rings is 1. The quantitative estimate of drug-likeness (QED) is 0.672. The predicted octanol–water partition coefficient (Wildman–Crippen LogP) is 1.99. The lowest BCUT2D eigenvalue weighted by Crippen LogP contribution is -2.01. The molecule has 0 saturated heterocycles. The lowest BCUT2D eigenvalue weighted by Gasteiger charge is -2.07. The number of hydrogen-bond donors (Lipinski definition) is 0. The number of aryl methyl sites for hydroxylation is 1. The smallest absolute Gasteiger partial charge is 0.152 e. The zero-order chi connectivity index (χ0) is 9.97. The lowest BCUT2D eigenvalue weighted by atomic mass is 10.1. The monoisotopic (exact) mass is 186 g/mol. The van der Waals surface area contributed by atoms with Crippen LogP contribution in [0.15, 0.2) is 36.7 Å². The number of para-hydroxylation sites is 1. The van der Waals surface area contributed by atoms with E-state index in [9.17, 15) is 4.79 Å². The highest BCUT2D eigenvalue weighted by Crippen LogP contribution is 2.16.